The molecule has 1 aromatic rings. The lowest BCUT2D eigenvalue weighted by atomic mass is 10.2. The second kappa shape index (κ2) is 5.48. The van der Waals surface area contributed by atoms with Crippen LogP contribution >= 0.6 is 15.9 Å². The molecule has 1 aromatic carbocycles. The van der Waals surface area contributed by atoms with Crippen LogP contribution in [0, 0.1) is 0 Å². The van der Waals surface area contributed by atoms with Gasteiger partial charge in [0.25, 0.3) is 5.91 Å². The Morgan fingerprint density at radius 1 is 1.41 bits per heavy atom. The van der Waals surface area contributed by atoms with E-state index in [2.05, 4.69) is 21.2 Å². The highest BCUT2D eigenvalue weighted by molar-refractivity contribution is 9.10. The van der Waals surface area contributed by atoms with Crippen LogP contribution in [0.4, 0.5) is 5.69 Å². The molecule has 0 aliphatic rings. The number of halogens is 1. The molecule has 94 valence electrons. The number of nitrogen functional groups attached to an aromatic ring is 1. The molecule has 0 bridgehead atoms. The van der Waals surface area contributed by atoms with Crippen molar-refractivity contribution >= 4 is 37.5 Å². The van der Waals surface area contributed by atoms with Crippen molar-refractivity contribution in [3.63, 3.8) is 0 Å². The molecule has 0 heterocycles. The van der Waals surface area contributed by atoms with E-state index >= 15 is 0 Å². The van der Waals surface area contributed by atoms with Gasteiger partial charge in [-0.3, -0.25) is 4.79 Å². The highest BCUT2D eigenvalue weighted by Gasteiger charge is 2.08. The number of rotatable bonds is 4. The minimum atomic E-state index is -3.56. The van der Waals surface area contributed by atoms with Gasteiger partial charge >= 0.3 is 0 Å². The van der Waals surface area contributed by atoms with Crippen molar-refractivity contribution in [1.29, 1.82) is 0 Å². The number of hydrogen-bond acceptors (Lipinski definition) is 4. The van der Waals surface area contributed by atoms with E-state index in [-0.39, 0.29) is 18.2 Å². The Hall–Kier alpha value is -1.12. The van der Waals surface area contributed by atoms with Gasteiger partial charge in [-0.2, -0.15) is 0 Å². The Morgan fingerprint density at radius 3 is 2.59 bits per heavy atom. The monoisotopic (exact) mass is 321 g/mol. The third-order valence-corrected chi connectivity index (χ3v) is 3.39. The van der Waals surface area contributed by atoms with Crippen molar-refractivity contribution in [3.05, 3.63) is 28.2 Å². The van der Waals surface area contributed by atoms with Crippen molar-refractivity contribution in [1.82, 2.24) is 5.32 Å². The molecule has 6 nitrogen and oxygen atoms in total. The molecule has 0 radical (unpaired) electrons. The van der Waals surface area contributed by atoms with E-state index in [1.54, 1.807) is 18.2 Å². The summed E-state index contributed by atoms with van der Waals surface area (Å²) >= 11 is 3.19. The first-order chi connectivity index (χ1) is 7.79. The van der Waals surface area contributed by atoms with Crippen molar-refractivity contribution in [2.24, 2.45) is 5.14 Å². The van der Waals surface area contributed by atoms with Crippen LogP contribution in [0.1, 0.15) is 10.4 Å². The summed E-state index contributed by atoms with van der Waals surface area (Å²) < 4.78 is 21.9. The molecule has 0 aliphatic heterocycles. The van der Waals surface area contributed by atoms with E-state index in [4.69, 9.17) is 10.9 Å². The van der Waals surface area contributed by atoms with Crippen LogP contribution in [0.2, 0.25) is 0 Å². The minimum Gasteiger partial charge on any atom is -0.398 e. The summed E-state index contributed by atoms with van der Waals surface area (Å²) in [6.45, 7) is -0.0281. The predicted octanol–water partition coefficient (Wildman–Crippen LogP) is 0.0496. The number of primary sulfonamides is 1. The molecule has 0 atom stereocenters. The van der Waals surface area contributed by atoms with Crippen LogP contribution < -0.4 is 16.2 Å². The summed E-state index contributed by atoms with van der Waals surface area (Å²) in [5.74, 6) is -0.677. The highest BCUT2D eigenvalue weighted by Crippen LogP contribution is 2.20. The normalized spacial score (nSPS) is 11.2. The van der Waals surface area contributed by atoms with Gasteiger partial charge in [-0.05, 0) is 34.1 Å². The molecule has 1 amide bonds. The number of amides is 1. The molecule has 1 rings (SSSR count). The lowest BCUT2D eigenvalue weighted by Crippen LogP contribution is -2.31. The molecular weight excluding hydrogens is 310 g/mol. The molecule has 0 unspecified atom stereocenters. The molecule has 8 heteroatoms. The van der Waals surface area contributed by atoms with Gasteiger partial charge in [-0.15, -0.1) is 0 Å². The Kier molecular flexibility index (Phi) is 4.49. The third-order valence-electron chi connectivity index (χ3n) is 1.93. The van der Waals surface area contributed by atoms with E-state index in [1.165, 1.54) is 0 Å². The summed E-state index contributed by atoms with van der Waals surface area (Å²) in [6, 6.07) is 4.69. The standard InChI is InChI=1S/C9H12BrN3O3S/c10-7-5-6(1-2-8(7)11)9(14)13-3-4-17(12,15)16/h1-2,5H,3-4,11H2,(H,13,14)(H2,12,15,16). The second-order valence-corrected chi connectivity index (χ2v) is 5.95. The first kappa shape index (κ1) is 13.9. The zero-order valence-electron chi connectivity index (χ0n) is 8.81. The number of hydrogen-bond donors (Lipinski definition) is 3. The van der Waals surface area contributed by atoms with E-state index < -0.39 is 10.0 Å². The fourth-order valence-corrected chi connectivity index (χ4v) is 1.84. The van der Waals surface area contributed by atoms with Gasteiger partial charge in [0.15, 0.2) is 0 Å². The van der Waals surface area contributed by atoms with Crippen LogP contribution in [0.25, 0.3) is 0 Å². The Balaban J connectivity index is 2.61. The SMILES string of the molecule is Nc1ccc(C(=O)NCCS(N)(=O)=O)cc1Br. The smallest absolute Gasteiger partial charge is 0.251 e. The van der Waals surface area contributed by atoms with Crippen molar-refractivity contribution in [2.75, 3.05) is 18.0 Å². The zero-order valence-corrected chi connectivity index (χ0v) is 11.2. The molecule has 0 fully saturated rings. The molecule has 0 saturated heterocycles. The van der Waals surface area contributed by atoms with Gasteiger partial charge < -0.3 is 11.1 Å². The lowest BCUT2D eigenvalue weighted by molar-refractivity contribution is 0.0956. The van der Waals surface area contributed by atoms with E-state index in [0.29, 0.717) is 15.7 Å². The number of nitrogens with two attached hydrogens (primary N) is 2. The Labute approximate surface area is 108 Å². The third kappa shape index (κ3) is 4.72. The van der Waals surface area contributed by atoms with Crippen LogP contribution in [-0.4, -0.2) is 26.6 Å². The molecule has 5 N–H and O–H groups in total. The number of nitrogens with one attached hydrogen (secondary N) is 1. The minimum absolute atomic E-state index is 0.0281. The fraction of sp³-hybridized carbons (Fsp3) is 0.222. The summed E-state index contributed by atoms with van der Waals surface area (Å²) in [5.41, 5.74) is 6.48. The number of benzene rings is 1. The molecule has 0 saturated carbocycles. The summed E-state index contributed by atoms with van der Waals surface area (Å²) in [6.07, 6.45) is 0. The molecule has 0 spiro atoms. The van der Waals surface area contributed by atoms with Gasteiger partial charge in [-0.25, -0.2) is 13.6 Å². The maximum Gasteiger partial charge on any atom is 0.251 e. The van der Waals surface area contributed by atoms with Crippen LogP contribution in [0.3, 0.4) is 0 Å². The van der Waals surface area contributed by atoms with E-state index in [1.807, 2.05) is 0 Å². The number of carbonyl (C=O) groups is 1. The van der Waals surface area contributed by atoms with Gasteiger partial charge in [0.05, 0.1) is 5.75 Å². The molecular formula is C9H12BrN3O3S. The topological polar surface area (TPSA) is 115 Å². The quantitative estimate of drug-likeness (QED) is 0.679. The van der Waals surface area contributed by atoms with E-state index in [0.717, 1.165) is 0 Å². The van der Waals surface area contributed by atoms with Crippen molar-refractivity contribution in [3.8, 4) is 0 Å². The maximum atomic E-state index is 11.6. The summed E-state index contributed by atoms with van der Waals surface area (Å²) in [4.78, 5) is 11.6. The van der Waals surface area contributed by atoms with Gasteiger partial charge in [0.1, 0.15) is 0 Å². The van der Waals surface area contributed by atoms with E-state index in [9.17, 15) is 13.2 Å². The predicted molar refractivity (Wildman–Crippen MR) is 68.9 cm³/mol. The first-order valence-electron chi connectivity index (χ1n) is 4.63. The Bertz CT molecular complexity index is 530. The number of anilines is 1. The molecule has 17 heavy (non-hydrogen) atoms. The zero-order chi connectivity index (χ0) is 13.1. The summed E-state index contributed by atoms with van der Waals surface area (Å²) in [7, 11) is -3.56. The second-order valence-electron chi connectivity index (χ2n) is 3.36. The maximum absolute atomic E-state index is 11.6. The first-order valence-corrected chi connectivity index (χ1v) is 7.14. The van der Waals surface area contributed by atoms with Crippen molar-refractivity contribution in [2.45, 2.75) is 0 Å². The Morgan fingerprint density at radius 2 is 2.06 bits per heavy atom. The summed E-state index contributed by atoms with van der Waals surface area (Å²) in [5, 5.41) is 7.24. The average molecular weight is 322 g/mol. The van der Waals surface area contributed by atoms with Gasteiger partial charge in [0, 0.05) is 22.3 Å². The van der Waals surface area contributed by atoms with Crippen LogP contribution in [-0.2, 0) is 10.0 Å². The van der Waals surface area contributed by atoms with Gasteiger partial charge in [0.2, 0.25) is 10.0 Å². The lowest BCUT2D eigenvalue weighted by Gasteiger charge is -2.05. The van der Waals surface area contributed by atoms with Gasteiger partial charge in [-0.1, -0.05) is 0 Å². The van der Waals surface area contributed by atoms with Crippen molar-refractivity contribution < 1.29 is 13.2 Å². The average Bonchev–Trinajstić information content (AvgIpc) is 2.20. The van der Waals surface area contributed by atoms with Crippen LogP contribution in [0.5, 0.6) is 0 Å². The molecule has 0 aliphatic carbocycles. The molecule has 0 aromatic heterocycles. The number of sulfonamides is 1. The largest absolute Gasteiger partial charge is 0.398 e. The van der Waals surface area contributed by atoms with Crippen LogP contribution in [0.15, 0.2) is 22.7 Å². The highest BCUT2D eigenvalue weighted by atomic mass is 79.9. The fourth-order valence-electron chi connectivity index (χ4n) is 1.08. The number of carbonyl (C=O) groups excluding carboxylic acids is 1.